The smallest absolute Gasteiger partial charge is 0.119 e. The fourth-order valence-corrected chi connectivity index (χ4v) is 4.44. The Hall–Kier alpha value is -3.04. The van der Waals surface area contributed by atoms with Crippen molar-refractivity contribution in [1.29, 1.82) is 0 Å². The normalized spacial score (nSPS) is 12.4. The molecule has 0 atom stereocenters. The number of hydrogen-bond donors (Lipinski definition) is 1. The minimum atomic E-state index is 0.0197. The predicted molar refractivity (Wildman–Crippen MR) is 126 cm³/mol. The molecule has 0 saturated carbocycles. The van der Waals surface area contributed by atoms with Crippen LogP contribution in [0.3, 0.4) is 0 Å². The van der Waals surface area contributed by atoms with E-state index < -0.39 is 0 Å². The van der Waals surface area contributed by atoms with E-state index in [1.807, 2.05) is 19.1 Å². The summed E-state index contributed by atoms with van der Waals surface area (Å²) in [5.41, 5.74) is 8.92. The van der Waals surface area contributed by atoms with E-state index in [1.54, 1.807) is 7.11 Å². The Bertz CT molecular complexity index is 1060. The molecule has 3 nitrogen and oxygen atoms in total. The lowest BCUT2D eigenvalue weighted by atomic mass is 9.91. The summed E-state index contributed by atoms with van der Waals surface area (Å²) in [4.78, 5) is 0. The molecular formula is C28H30O3. The van der Waals surface area contributed by atoms with Crippen LogP contribution in [0, 0.1) is 0 Å². The Labute approximate surface area is 185 Å². The Morgan fingerprint density at radius 3 is 2.48 bits per heavy atom. The monoisotopic (exact) mass is 414 g/mol. The first-order valence-corrected chi connectivity index (χ1v) is 11.0. The average molecular weight is 415 g/mol. The number of aliphatic hydroxyl groups is 1. The van der Waals surface area contributed by atoms with Gasteiger partial charge in [-0.05, 0) is 95.8 Å². The summed E-state index contributed by atoms with van der Waals surface area (Å²) >= 11 is 0. The van der Waals surface area contributed by atoms with Crippen LogP contribution in [0.2, 0.25) is 0 Å². The van der Waals surface area contributed by atoms with E-state index in [2.05, 4.69) is 54.6 Å². The van der Waals surface area contributed by atoms with Crippen molar-refractivity contribution in [1.82, 2.24) is 0 Å². The van der Waals surface area contributed by atoms with E-state index in [0.29, 0.717) is 6.61 Å². The second-order valence-corrected chi connectivity index (χ2v) is 7.99. The van der Waals surface area contributed by atoms with Gasteiger partial charge in [0, 0.05) is 0 Å². The predicted octanol–water partition coefficient (Wildman–Crippen LogP) is 5.55. The molecule has 0 saturated heterocycles. The van der Waals surface area contributed by atoms with Gasteiger partial charge in [-0.15, -0.1) is 0 Å². The third-order valence-corrected chi connectivity index (χ3v) is 5.86. The Kier molecular flexibility index (Phi) is 6.73. The van der Waals surface area contributed by atoms with Crippen molar-refractivity contribution in [2.75, 3.05) is 13.7 Å². The highest BCUT2D eigenvalue weighted by molar-refractivity contribution is 5.77. The lowest BCUT2D eigenvalue weighted by molar-refractivity contribution is 0.281. The molecule has 0 radical (unpaired) electrons. The maximum Gasteiger partial charge on any atom is 0.119 e. The molecule has 3 aromatic carbocycles. The number of aryl methyl sites for hydroxylation is 2. The first kappa shape index (κ1) is 21.2. The van der Waals surface area contributed by atoms with Crippen LogP contribution in [0.4, 0.5) is 0 Å². The standard InChI is InChI=1S/C28H30O3/c1-3-31-26-9-4-6-20(16-26)10-11-23-7-5-8-24-12-13-25(28(23)24)15-21-14-22(19-29)18-27(17-21)30-2/h4-9,13-14,16-18,29H,3,10-12,15,19H2,1-2H3. The van der Waals surface area contributed by atoms with Crippen molar-refractivity contribution in [3.05, 3.63) is 100 Å². The summed E-state index contributed by atoms with van der Waals surface area (Å²) in [7, 11) is 1.67. The van der Waals surface area contributed by atoms with Gasteiger partial charge in [-0.3, -0.25) is 0 Å². The van der Waals surface area contributed by atoms with Crippen molar-refractivity contribution < 1.29 is 14.6 Å². The molecule has 0 amide bonds. The third-order valence-electron chi connectivity index (χ3n) is 5.86. The first-order chi connectivity index (χ1) is 15.2. The van der Waals surface area contributed by atoms with Gasteiger partial charge in [0.2, 0.25) is 0 Å². The zero-order valence-corrected chi connectivity index (χ0v) is 18.4. The second kappa shape index (κ2) is 9.84. The highest BCUT2D eigenvalue weighted by Gasteiger charge is 2.18. The zero-order chi connectivity index (χ0) is 21.6. The van der Waals surface area contributed by atoms with Crippen LogP contribution in [0.5, 0.6) is 11.5 Å². The number of allylic oxidation sites excluding steroid dienone is 2. The molecule has 1 N–H and O–H groups in total. The molecule has 0 aliphatic heterocycles. The van der Waals surface area contributed by atoms with Crippen molar-refractivity contribution in [2.45, 2.75) is 39.2 Å². The lowest BCUT2D eigenvalue weighted by Gasteiger charge is -2.14. The molecule has 0 fully saturated rings. The number of rotatable bonds is 9. The van der Waals surface area contributed by atoms with Gasteiger partial charge in [0.05, 0.1) is 20.3 Å². The highest BCUT2D eigenvalue weighted by Crippen LogP contribution is 2.34. The van der Waals surface area contributed by atoms with Crippen LogP contribution >= 0.6 is 0 Å². The molecule has 4 rings (SSSR count). The number of benzene rings is 3. The maximum absolute atomic E-state index is 9.60. The van der Waals surface area contributed by atoms with E-state index in [4.69, 9.17) is 9.47 Å². The van der Waals surface area contributed by atoms with Gasteiger partial charge in [-0.25, -0.2) is 0 Å². The summed E-state index contributed by atoms with van der Waals surface area (Å²) in [6.45, 7) is 2.72. The number of hydrogen-bond acceptors (Lipinski definition) is 3. The van der Waals surface area contributed by atoms with Gasteiger partial charge in [-0.2, -0.15) is 0 Å². The van der Waals surface area contributed by atoms with E-state index in [-0.39, 0.29) is 6.61 Å². The Morgan fingerprint density at radius 2 is 1.68 bits per heavy atom. The van der Waals surface area contributed by atoms with Crippen LogP contribution < -0.4 is 9.47 Å². The molecule has 1 aliphatic rings. The van der Waals surface area contributed by atoms with Crippen LogP contribution in [0.1, 0.15) is 40.3 Å². The summed E-state index contributed by atoms with van der Waals surface area (Å²) in [5, 5.41) is 9.60. The van der Waals surface area contributed by atoms with E-state index in [9.17, 15) is 5.11 Å². The largest absolute Gasteiger partial charge is 0.497 e. The van der Waals surface area contributed by atoms with Gasteiger partial charge in [-0.1, -0.05) is 42.5 Å². The van der Waals surface area contributed by atoms with Crippen molar-refractivity contribution >= 4 is 5.57 Å². The van der Waals surface area contributed by atoms with Gasteiger partial charge < -0.3 is 14.6 Å². The Morgan fingerprint density at radius 1 is 0.871 bits per heavy atom. The van der Waals surface area contributed by atoms with Crippen molar-refractivity contribution in [3.8, 4) is 11.5 Å². The summed E-state index contributed by atoms with van der Waals surface area (Å²) in [6, 6.07) is 21.1. The molecule has 1 aliphatic carbocycles. The number of aliphatic hydroxyl groups excluding tert-OH is 1. The molecule has 31 heavy (non-hydrogen) atoms. The lowest BCUT2D eigenvalue weighted by Crippen LogP contribution is -2.00. The molecule has 3 aromatic rings. The van der Waals surface area contributed by atoms with Crippen molar-refractivity contribution in [2.24, 2.45) is 0 Å². The van der Waals surface area contributed by atoms with Crippen LogP contribution in [-0.4, -0.2) is 18.8 Å². The topological polar surface area (TPSA) is 38.7 Å². The SMILES string of the molecule is CCOc1cccc(CCc2cccc3c2C(Cc2cc(CO)cc(OC)c2)=CC3)c1. The summed E-state index contributed by atoms with van der Waals surface area (Å²) < 4.78 is 11.1. The van der Waals surface area contributed by atoms with Crippen LogP contribution in [-0.2, 0) is 32.3 Å². The second-order valence-electron chi connectivity index (χ2n) is 7.99. The zero-order valence-electron chi connectivity index (χ0n) is 18.4. The minimum absolute atomic E-state index is 0.0197. The van der Waals surface area contributed by atoms with Crippen LogP contribution in [0.15, 0.2) is 66.7 Å². The van der Waals surface area contributed by atoms with Crippen molar-refractivity contribution in [3.63, 3.8) is 0 Å². The van der Waals surface area contributed by atoms with Gasteiger partial charge in [0.1, 0.15) is 11.5 Å². The molecule has 0 spiro atoms. The van der Waals surface area contributed by atoms with Gasteiger partial charge in [0.15, 0.2) is 0 Å². The van der Waals surface area contributed by atoms with Gasteiger partial charge in [0.25, 0.3) is 0 Å². The fraction of sp³-hybridized carbons (Fsp3) is 0.286. The number of ether oxygens (including phenoxy) is 2. The molecule has 160 valence electrons. The third kappa shape index (κ3) is 5.00. The molecule has 3 heteroatoms. The van der Waals surface area contributed by atoms with Crippen LogP contribution in [0.25, 0.3) is 5.57 Å². The first-order valence-electron chi connectivity index (χ1n) is 11.0. The molecular weight excluding hydrogens is 384 g/mol. The minimum Gasteiger partial charge on any atom is -0.497 e. The average Bonchev–Trinajstić information content (AvgIpc) is 3.21. The van der Waals surface area contributed by atoms with E-state index >= 15 is 0 Å². The molecule has 0 unspecified atom stereocenters. The Balaban J connectivity index is 1.55. The maximum atomic E-state index is 9.60. The quantitative estimate of drug-likeness (QED) is 0.499. The highest BCUT2D eigenvalue weighted by atomic mass is 16.5. The van der Waals surface area contributed by atoms with Gasteiger partial charge >= 0.3 is 0 Å². The number of fused-ring (bicyclic) bond motifs is 1. The van der Waals surface area contributed by atoms with E-state index in [1.165, 1.54) is 33.4 Å². The molecule has 0 bridgehead atoms. The fourth-order valence-electron chi connectivity index (χ4n) is 4.44. The number of methoxy groups -OCH3 is 1. The molecule has 0 heterocycles. The summed E-state index contributed by atoms with van der Waals surface area (Å²) in [6.07, 6.45) is 6.15. The summed E-state index contributed by atoms with van der Waals surface area (Å²) in [5.74, 6) is 1.74. The molecule has 0 aromatic heterocycles. The van der Waals surface area contributed by atoms with E-state index in [0.717, 1.165) is 42.7 Å².